The van der Waals surface area contributed by atoms with Crippen LogP contribution in [0.4, 0.5) is 11.4 Å². The number of nitrogens with one attached hydrogen (secondary N) is 1. The number of anilines is 2. The largest absolute Gasteiger partial charge is 0.496 e. The first-order valence-corrected chi connectivity index (χ1v) is 20.5. The summed E-state index contributed by atoms with van der Waals surface area (Å²) in [4.78, 5) is 61.7. The predicted octanol–water partition coefficient (Wildman–Crippen LogP) is 4.08. The molecule has 4 fully saturated rings. The van der Waals surface area contributed by atoms with E-state index in [1.165, 1.54) is 12.8 Å². The van der Waals surface area contributed by atoms with Gasteiger partial charge in [0.25, 0.3) is 11.5 Å². The number of aryl methyl sites for hydroxylation is 1. The number of carbonyl (C=O) groups is 3. The summed E-state index contributed by atoms with van der Waals surface area (Å²) in [5.74, 6) is 1.41. The highest BCUT2D eigenvalue weighted by atomic mass is 16.5. The summed E-state index contributed by atoms with van der Waals surface area (Å²) in [6.45, 7) is 8.52. The number of imide groups is 1. The number of carbonyl (C=O) groups excluding carboxylic acids is 3. The maximum absolute atomic E-state index is 13.4. The number of fused-ring (bicyclic) bond motifs is 2. The molecular formula is C45H53N7O6. The molecule has 5 aliphatic heterocycles. The van der Waals surface area contributed by atoms with E-state index in [-0.39, 0.29) is 29.7 Å². The number of methoxy groups -OCH3 is 2. The van der Waals surface area contributed by atoms with Gasteiger partial charge in [0.2, 0.25) is 11.8 Å². The molecular weight excluding hydrogens is 735 g/mol. The monoisotopic (exact) mass is 787 g/mol. The number of nitrogens with zero attached hydrogens (tertiary/aromatic N) is 6. The quantitative estimate of drug-likeness (QED) is 0.236. The molecule has 1 aromatic heterocycles. The first-order valence-electron chi connectivity index (χ1n) is 20.5. The van der Waals surface area contributed by atoms with Crippen molar-refractivity contribution in [3.63, 3.8) is 0 Å². The predicted molar refractivity (Wildman–Crippen MR) is 224 cm³/mol. The second kappa shape index (κ2) is 14.8. The van der Waals surface area contributed by atoms with E-state index < -0.39 is 6.04 Å². The lowest BCUT2D eigenvalue weighted by Crippen LogP contribution is -2.61. The Kier molecular flexibility index (Phi) is 9.71. The van der Waals surface area contributed by atoms with Crippen molar-refractivity contribution in [2.75, 3.05) is 83.9 Å². The van der Waals surface area contributed by atoms with Gasteiger partial charge in [-0.2, -0.15) is 0 Å². The minimum Gasteiger partial charge on any atom is -0.496 e. The van der Waals surface area contributed by atoms with E-state index in [0.717, 1.165) is 103 Å². The van der Waals surface area contributed by atoms with Crippen LogP contribution in [0.5, 0.6) is 11.5 Å². The summed E-state index contributed by atoms with van der Waals surface area (Å²) in [5, 5.41) is 3.96. The Labute approximate surface area is 339 Å². The Balaban J connectivity index is 0.784. The van der Waals surface area contributed by atoms with Crippen LogP contribution in [-0.2, 0) is 29.7 Å². The van der Waals surface area contributed by atoms with Crippen molar-refractivity contribution < 1.29 is 23.9 Å². The number of likely N-dealkylation sites (tertiary alicyclic amines) is 2. The van der Waals surface area contributed by atoms with Gasteiger partial charge in [-0.05, 0) is 97.2 Å². The zero-order chi connectivity index (χ0) is 40.5. The summed E-state index contributed by atoms with van der Waals surface area (Å²) in [6, 6.07) is 15.7. The van der Waals surface area contributed by atoms with Gasteiger partial charge in [0.1, 0.15) is 17.5 Å². The maximum Gasteiger partial charge on any atom is 0.258 e. The minimum absolute atomic E-state index is 0.0278. The van der Waals surface area contributed by atoms with Crippen molar-refractivity contribution in [2.45, 2.75) is 44.8 Å². The molecule has 4 saturated heterocycles. The highest BCUT2D eigenvalue weighted by Crippen LogP contribution is 2.44. The Morgan fingerprint density at radius 1 is 0.862 bits per heavy atom. The molecule has 3 aromatic carbocycles. The van der Waals surface area contributed by atoms with Crippen LogP contribution in [0.2, 0.25) is 0 Å². The molecule has 0 saturated carbocycles. The van der Waals surface area contributed by atoms with Gasteiger partial charge in [0.15, 0.2) is 0 Å². The Morgan fingerprint density at radius 2 is 1.59 bits per heavy atom. The average Bonchev–Trinajstić information content (AvgIpc) is 3.52. The molecule has 5 aliphatic rings. The zero-order valence-electron chi connectivity index (χ0n) is 34.2. The molecule has 9 rings (SSSR count). The van der Waals surface area contributed by atoms with Gasteiger partial charge in [-0.15, -0.1) is 0 Å². The molecule has 13 heteroatoms. The molecule has 1 atom stereocenters. The Bertz CT molecular complexity index is 2340. The third kappa shape index (κ3) is 6.77. The molecule has 58 heavy (non-hydrogen) atoms. The summed E-state index contributed by atoms with van der Waals surface area (Å²) < 4.78 is 13.6. The fraction of sp³-hybridized carbons (Fsp3) is 0.467. The first kappa shape index (κ1) is 38.1. The third-order valence-corrected chi connectivity index (χ3v) is 13.4. The number of rotatable bonds is 10. The van der Waals surface area contributed by atoms with Crippen LogP contribution < -0.4 is 30.1 Å². The summed E-state index contributed by atoms with van der Waals surface area (Å²) in [6.07, 6.45) is 4.89. The van der Waals surface area contributed by atoms with Gasteiger partial charge in [-0.25, -0.2) is 0 Å². The zero-order valence-corrected chi connectivity index (χ0v) is 34.2. The van der Waals surface area contributed by atoms with Crippen LogP contribution in [0.15, 0.2) is 59.5 Å². The van der Waals surface area contributed by atoms with Crippen molar-refractivity contribution in [1.82, 2.24) is 24.6 Å². The number of aromatic nitrogens is 1. The van der Waals surface area contributed by atoms with Crippen molar-refractivity contribution >= 4 is 39.9 Å². The summed E-state index contributed by atoms with van der Waals surface area (Å²) in [7, 11) is 9.21. The molecule has 1 N–H and O–H groups in total. The van der Waals surface area contributed by atoms with Gasteiger partial charge < -0.3 is 33.6 Å². The SMILES string of the molecule is COc1cc(-c2cn(C)c(=O)c3ccc(N(C)C)cc23)cc(OC)c1CN1CC(CN2CCC3(CC2)CN(c2ccc4c(c2)C(=O)N(C2CCC(=O)NC2=O)C4)C3)C1. The van der Waals surface area contributed by atoms with Crippen LogP contribution in [-0.4, -0.2) is 117 Å². The molecule has 4 aromatic rings. The molecule has 1 unspecified atom stereocenters. The van der Waals surface area contributed by atoms with E-state index >= 15 is 0 Å². The van der Waals surface area contributed by atoms with E-state index in [1.807, 2.05) is 49.5 Å². The standard InChI is InChI=1S/C45H53N7O6/c1-47(2)31-8-9-33-35(18-31)36(24-48(3)43(33)55)30-16-39(57-4)37(40(17-30)58-5)25-50-21-28(22-50)20-49-14-12-45(13-15-49)26-51(27-45)32-7-6-29-23-52(44(56)34(29)19-32)38-10-11-41(53)46-42(38)54/h6-9,16-19,24,28,38H,10-15,20-23,25-27H2,1-5H3,(H,46,53,54). The van der Waals surface area contributed by atoms with Crippen LogP contribution in [0.25, 0.3) is 21.9 Å². The highest BCUT2D eigenvalue weighted by molar-refractivity contribution is 6.06. The van der Waals surface area contributed by atoms with Crippen molar-refractivity contribution in [3.05, 3.63) is 81.8 Å². The molecule has 0 radical (unpaired) electrons. The number of ether oxygens (including phenoxy) is 2. The van der Waals surface area contributed by atoms with E-state index in [9.17, 15) is 19.2 Å². The van der Waals surface area contributed by atoms with Gasteiger partial charge >= 0.3 is 0 Å². The van der Waals surface area contributed by atoms with Crippen LogP contribution >= 0.6 is 0 Å². The van der Waals surface area contributed by atoms with E-state index in [0.29, 0.717) is 35.2 Å². The number of hydrogen-bond acceptors (Lipinski definition) is 10. The minimum atomic E-state index is -0.592. The fourth-order valence-corrected chi connectivity index (χ4v) is 9.98. The van der Waals surface area contributed by atoms with Crippen molar-refractivity contribution in [3.8, 4) is 22.6 Å². The van der Waals surface area contributed by atoms with Crippen LogP contribution in [0.1, 0.15) is 47.2 Å². The Hall–Kier alpha value is -5.40. The fourth-order valence-electron chi connectivity index (χ4n) is 9.98. The second-order valence-corrected chi connectivity index (χ2v) is 17.4. The summed E-state index contributed by atoms with van der Waals surface area (Å²) in [5.41, 5.74) is 6.93. The lowest BCUT2D eigenvalue weighted by Gasteiger charge is -2.55. The lowest BCUT2D eigenvalue weighted by atomic mass is 9.71. The number of hydrogen-bond donors (Lipinski definition) is 1. The smallest absolute Gasteiger partial charge is 0.258 e. The highest BCUT2D eigenvalue weighted by Gasteiger charge is 2.46. The topological polar surface area (TPSA) is 120 Å². The van der Waals surface area contributed by atoms with Crippen LogP contribution in [0, 0.1) is 11.3 Å². The number of piperidine rings is 2. The second-order valence-electron chi connectivity index (χ2n) is 17.4. The van der Waals surface area contributed by atoms with Gasteiger partial charge in [-0.1, -0.05) is 6.07 Å². The third-order valence-electron chi connectivity index (χ3n) is 13.4. The van der Waals surface area contributed by atoms with Gasteiger partial charge in [0.05, 0.1) is 19.8 Å². The molecule has 0 aliphatic carbocycles. The molecule has 1 spiro atoms. The molecule has 13 nitrogen and oxygen atoms in total. The van der Waals surface area contributed by atoms with Crippen LogP contribution in [0.3, 0.4) is 0 Å². The normalized spacial score (nSPS) is 20.9. The van der Waals surface area contributed by atoms with E-state index in [2.05, 4.69) is 44.3 Å². The number of benzene rings is 3. The van der Waals surface area contributed by atoms with Crippen molar-refractivity contribution in [1.29, 1.82) is 0 Å². The van der Waals surface area contributed by atoms with Gasteiger partial charge in [-0.3, -0.25) is 29.4 Å². The number of amides is 3. The Morgan fingerprint density at radius 3 is 2.26 bits per heavy atom. The van der Waals surface area contributed by atoms with Crippen molar-refractivity contribution in [2.24, 2.45) is 18.4 Å². The average molecular weight is 788 g/mol. The molecule has 304 valence electrons. The number of pyridine rings is 1. The maximum atomic E-state index is 13.4. The van der Waals surface area contributed by atoms with Gasteiger partial charge in [0, 0.05) is 113 Å². The molecule has 0 bridgehead atoms. The van der Waals surface area contributed by atoms with E-state index in [4.69, 9.17) is 9.47 Å². The molecule has 3 amide bonds. The summed E-state index contributed by atoms with van der Waals surface area (Å²) >= 11 is 0. The lowest BCUT2D eigenvalue weighted by molar-refractivity contribution is -0.136. The van der Waals surface area contributed by atoms with E-state index in [1.54, 1.807) is 30.7 Å². The first-order chi connectivity index (χ1) is 27.9. The molecule has 6 heterocycles.